The molecule has 0 aromatic heterocycles. The molecule has 4 nitrogen and oxygen atoms in total. The van der Waals surface area contributed by atoms with Crippen LogP contribution in [0.1, 0.15) is 17.5 Å². The second kappa shape index (κ2) is 4.66. The van der Waals surface area contributed by atoms with Gasteiger partial charge in [-0.1, -0.05) is 12.1 Å². The summed E-state index contributed by atoms with van der Waals surface area (Å²) in [5.41, 5.74) is 2.69. The summed E-state index contributed by atoms with van der Waals surface area (Å²) < 4.78 is 26.9. The Morgan fingerprint density at radius 1 is 1.35 bits per heavy atom. The maximum atomic E-state index is 12.1. The van der Waals surface area contributed by atoms with Crippen molar-refractivity contribution in [1.82, 2.24) is 5.32 Å². The average Bonchev–Trinajstić information content (AvgIpc) is 2.77. The van der Waals surface area contributed by atoms with Crippen molar-refractivity contribution < 1.29 is 8.42 Å². The van der Waals surface area contributed by atoms with Crippen LogP contribution in [-0.2, 0) is 10.0 Å². The number of benzene rings is 1. The molecule has 1 aliphatic heterocycles. The second-order valence-corrected chi connectivity index (χ2v) is 6.54. The lowest BCUT2D eigenvalue weighted by atomic mass is 10.1. The maximum Gasteiger partial charge on any atom is 0.236 e. The van der Waals surface area contributed by atoms with Crippen molar-refractivity contribution in [2.75, 3.05) is 17.8 Å². The summed E-state index contributed by atoms with van der Waals surface area (Å²) in [6.45, 7) is 5.18. The molecule has 1 saturated heterocycles. The molecule has 0 amide bonds. The minimum absolute atomic E-state index is 0.317. The molecule has 1 aliphatic rings. The van der Waals surface area contributed by atoms with Crippen molar-refractivity contribution in [2.24, 2.45) is 0 Å². The van der Waals surface area contributed by atoms with E-state index < -0.39 is 10.0 Å². The molecule has 1 atom stereocenters. The first-order valence-electron chi connectivity index (χ1n) is 5.78. The summed E-state index contributed by atoms with van der Waals surface area (Å²) in [6, 6.07) is 5.78. The van der Waals surface area contributed by atoms with Crippen LogP contribution in [0.15, 0.2) is 18.2 Å². The highest BCUT2D eigenvalue weighted by Gasteiger charge is 2.28. The molecule has 1 fully saturated rings. The van der Waals surface area contributed by atoms with Crippen LogP contribution in [0.2, 0.25) is 0 Å². The summed E-state index contributed by atoms with van der Waals surface area (Å²) >= 11 is 0. The fraction of sp³-hybridized carbons (Fsp3) is 0.500. The second-order valence-electron chi connectivity index (χ2n) is 4.58. The molecule has 0 spiro atoms. The molecule has 2 N–H and O–H groups in total. The minimum atomic E-state index is -3.26. The normalized spacial score (nSPS) is 20.5. The van der Waals surface area contributed by atoms with E-state index in [0.717, 1.165) is 17.7 Å². The van der Waals surface area contributed by atoms with Crippen LogP contribution in [0.25, 0.3) is 0 Å². The van der Waals surface area contributed by atoms with Gasteiger partial charge >= 0.3 is 0 Å². The predicted octanol–water partition coefficient (Wildman–Crippen LogP) is 1.41. The van der Waals surface area contributed by atoms with Gasteiger partial charge in [0.15, 0.2) is 0 Å². The number of sulfonamides is 1. The smallest absolute Gasteiger partial charge is 0.236 e. The Morgan fingerprint density at radius 2 is 2.12 bits per heavy atom. The van der Waals surface area contributed by atoms with Crippen LogP contribution in [0.4, 0.5) is 5.69 Å². The van der Waals surface area contributed by atoms with Crippen molar-refractivity contribution in [3.63, 3.8) is 0 Å². The highest BCUT2D eigenvalue weighted by Crippen LogP contribution is 2.20. The van der Waals surface area contributed by atoms with Gasteiger partial charge in [0, 0.05) is 6.54 Å². The van der Waals surface area contributed by atoms with E-state index in [1.807, 2.05) is 32.0 Å². The molecule has 1 aromatic rings. The van der Waals surface area contributed by atoms with Gasteiger partial charge in [0.1, 0.15) is 0 Å². The van der Waals surface area contributed by atoms with Gasteiger partial charge in [-0.2, -0.15) is 0 Å². The van der Waals surface area contributed by atoms with Gasteiger partial charge < -0.3 is 5.32 Å². The lowest BCUT2D eigenvalue weighted by Crippen LogP contribution is -2.29. The highest BCUT2D eigenvalue weighted by molar-refractivity contribution is 7.93. The molecule has 0 aliphatic carbocycles. The van der Waals surface area contributed by atoms with Crippen LogP contribution in [0, 0.1) is 13.8 Å². The lowest BCUT2D eigenvalue weighted by Gasteiger charge is -2.15. The SMILES string of the molecule is Cc1ccc(C)c(NS(=O)(=O)C2CCNC2)c1. The van der Waals surface area contributed by atoms with Gasteiger partial charge in [-0.25, -0.2) is 8.42 Å². The van der Waals surface area contributed by atoms with E-state index in [9.17, 15) is 8.42 Å². The van der Waals surface area contributed by atoms with Crippen LogP contribution >= 0.6 is 0 Å². The van der Waals surface area contributed by atoms with E-state index in [-0.39, 0.29) is 5.25 Å². The molecule has 1 unspecified atom stereocenters. The quantitative estimate of drug-likeness (QED) is 0.857. The number of anilines is 1. The highest BCUT2D eigenvalue weighted by atomic mass is 32.2. The fourth-order valence-electron chi connectivity index (χ4n) is 1.98. The molecule has 5 heteroatoms. The Hall–Kier alpha value is -1.07. The van der Waals surface area contributed by atoms with Crippen molar-refractivity contribution in [3.8, 4) is 0 Å². The third-order valence-corrected chi connectivity index (χ3v) is 4.88. The molecule has 1 heterocycles. The zero-order valence-electron chi connectivity index (χ0n) is 10.2. The van der Waals surface area contributed by atoms with E-state index in [4.69, 9.17) is 0 Å². The molecule has 94 valence electrons. The lowest BCUT2D eigenvalue weighted by molar-refractivity contribution is 0.588. The van der Waals surface area contributed by atoms with Crippen molar-refractivity contribution >= 4 is 15.7 Å². The molecule has 0 bridgehead atoms. The maximum absolute atomic E-state index is 12.1. The fourth-order valence-corrected chi connectivity index (χ4v) is 3.43. The summed E-state index contributed by atoms with van der Waals surface area (Å²) in [6.07, 6.45) is 0.681. The largest absolute Gasteiger partial charge is 0.315 e. The van der Waals surface area contributed by atoms with Gasteiger partial charge in [-0.05, 0) is 44.0 Å². The first-order chi connectivity index (χ1) is 7.99. The number of hydrogen-bond donors (Lipinski definition) is 2. The third-order valence-electron chi connectivity index (χ3n) is 3.10. The Balaban J connectivity index is 2.22. The molecule has 1 aromatic carbocycles. The van der Waals surface area contributed by atoms with E-state index in [1.54, 1.807) is 0 Å². The Labute approximate surface area is 102 Å². The molecule has 0 radical (unpaired) electrons. The van der Waals surface area contributed by atoms with Gasteiger partial charge in [-0.15, -0.1) is 0 Å². The molecular formula is C12H18N2O2S. The van der Waals surface area contributed by atoms with Crippen LogP contribution < -0.4 is 10.0 Å². The Kier molecular flexibility index (Phi) is 3.40. The van der Waals surface area contributed by atoms with Gasteiger partial charge in [-0.3, -0.25) is 4.72 Å². The van der Waals surface area contributed by atoms with Crippen molar-refractivity contribution in [3.05, 3.63) is 29.3 Å². The molecule has 2 rings (SSSR count). The van der Waals surface area contributed by atoms with Crippen molar-refractivity contribution in [1.29, 1.82) is 0 Å². The van der Waals surface area contributed by atoms with Gasteiger partial charge in [0.25, 0.3) is 0 Å². The summed E-state index contributed by atoms with van der Waals surface area (Å²) in [5, 5.41) is 2.75. The van der Waals surface area contributed by atoms with Crippen molar-refractivity contribution in [2.45, 2.75) is 25.5 Å². The van der Waals surface area contributed by atoms with Crippen LogP contribution in [-0.4, -0.2) is 26.8 Å². The summed E-state index contributed by atoms with van der Waals surface area (Å²) in [5.74, 6) is 0. The summed E-state index contributed by atoms with van der Waals surface area (Å²) in [4.78, 5) is 0. The first-order valence-corrected chi connectivity index (χ1v) is 7.33. The zero-order valence-corrected chi connectivity index (χ0v) is 11.0. The first kappa shape index (κ1) is 12.4. The average molecular weight is 254 g/mol. The zero-order chi connectivity index (χ0) is 12.5. The third kappa shape index (κ3) is 2.79. The van der Waals surface area contributed by atoms with Crippen LogP contribution in [0.5, 0.6) is 0 Å². The van der Waals surface area contributed by atoms with Gasteiger partial charge in [0.2, 0.25) is 10.0 Å². The minimum Gasteiger partial charge on any atom is -0.315 e. The molecular weight excluding hydrogens is 236 g/mol. The standard InChI is InChI=1S/C12H18N2O2S/c1-9-3-4-10(2)12(7-9)14-17(15,16)11-5-6-13-8-11/h3-4,7,11,13-14H,5-6,8H2,1-2H3. The molecule has 17 heavy (non-hydrogen) atoms. The topological polar surface area (TPSA) is 58.2 Å². The van der Waals surface area contributed by atoms with E-state index >= 15 is 0 Å². The monoisotopic (exact) mass is 254 g/mol. The summed E-state index contributed by atoms with van der Waals surface area (Å²) in [7, 11) is -3.26. The van der Waals surface area contributed by atoms with E-state index in [0.29, 0.717) is 18.7 Å². The Bertz CT molecular complexity index is 505. The molecule has 0 saturated carbocycles. The number of nitrogens with one attached hydrogen (secondary N) is 2. The number of aryl methyl sites for hydroxylation is 2. The number of hydrogen-bond acceptors (Lipinski definition) is 3. The Morgan fingerprint density at radius 3 is 2.76 bits per heavy atom. The van der Waals surface area contributed by atoms with E-state index in [1.165, 1.54) is 0 Å². The predicted molar refractivity (Wildman–Crippen MR) is 69.7 cm³/mol. The van der Waals surface area contributed by atoms with Gasteiger partial charge in [0.05, 0.1) is 10.9 Å². The van der Waals surface area contributed by atoms with Crippen LogP contribution in [0.3, 0.4) is 0 Å². The van der Waals surface area contributed by atoms with E-state index in [2.05, 4.69) is 10.0 Å². The number of rotatable bonds is 3.